The summed E-state index contributed by atoms with van der Waals surface area (Å²) in [6.45, 7) is 7.02. The number of benzene rings is 3. The van der Waals surface area contributed by atoms with Crippen molar-refractivity contribution >= 4 is 29.6 Å². The maximum Gasteiger partial charge on any atom is 0.415 e. The zero-order valence-corrected chi connectivity index (χ0v) is 23.9. The number of aryl methyl sites for hydroxylation is 2. The first-order valence-corrected chi connectivity index (χ1v) is 14.1. The van der Waals surface area contributed by atoms with Crippen molar-refractivity contribution in [1.29, 1.82) is 0 Å². The lowest BCUT2D eigenvalue weighted by atomic mass is 9.82. The third-order valence-electron chi connectivity index (χ3n) is 7.09. The van der Waals surface area contributed by atoms with Gasteiger partial charge in [0.1, 0.15) is 17.3 Å². The Kier molecular flexibility index (Phi) is 8.54. The molecule has 9 heteroatoms. The zero-order valence-electron chi connectivity index (χ0n) is 23.1. The molecule has 1 aliphatic heterocycles. The van der Waals surface area contributed by atoms with Crippen molar-refractivity contribution in [3.63, 3.8) is 0 Å². The summed E-state index contributed by atoms with van der Waals surface area (Å²) in [6, 6.07) is 16.3. The van der Waals surface area contributed by atoms with Gasteiger partial charge in [0.15, 0.2) is 11.4 Å². The van der Waals surface area contributed by atoms with Crippen molar-refractivity contribution in [3.05, 3.63) is 88.7 Å². The molecule has 1 amide bonds. The van der Waals surface area contributed by atoms with Gasteiger partial charge in [-0.15, -0.1) is 11.8 Å². The number of nitrogens with zero attached hydrogens (tertiary/aromatic N) is 1. The number of likely N-dealkylation sites (tertiary alicyclic amines) is 1. The van der Waals surface area contributed by atoms with Gasteiger partial charge < -0.3 is 19.5 Å². The number of amides is 1. The molecule has 1 saturated heterocycles. The molecule has 3 aromatic carbocycles. The average Bonchev–Trinajstić information content (AvgIpc) is 3.37. The van der Waals surface area contributed by atoms with E-state index in [-0.39, 0.29) is 30.5 Å². The van der Waals surface area contributed by atoms with Crippen LogP contribution in [0.5, 0.6) is 11.5 Å². The van der Waals surface area contributed by atoms with Crippen molar-refractivity contribution in [3.8, 4) is 11.5 Å². The predicted molar refractivity (Wildman–Crippen MR) is 151 cm³/mol. The fourth-order valence-electron chi connectivity index (χ4n) is 4.85. The summed E-state index contributed by atoms with van der Waals surface area (Å²) in [5.74, 6) is -1.81. The average molecular weight is 566 g/mol. The molecule has 0 unspecified atom stereocenters. The lowest BCUT2D eigenvalue weighted by Gasteiger charge is -2.26. The second-order valence-corrected chi connectivity index (χ2v) is 11.3. The molecule has 7 nitrogen and oxygen atoms in total. The van der Waals surface area contributed by atoms with Crippen molar-refractivity contribution in [1.82, 2.24) is 4.90 Å². The summed E-state index contributed by atoms with van der Waals surface area (Å²) in [5, 5.41) is 9.52. The number of carboxylic acid groups (broad SMARTS) is 1. The number of ketones is 1. The maximum absolute atomic E-state index is 13.8. The minimum absolute atomic E-state index is 0.0858. The van der Waals surface area contributed by atoms with Crippen LogP contribution in [-0.4, -0.2) is 52.8 Å². The zero-order chi connectivity index (χ0) is 29.2. The van der Waals surface area contributed by atoms with Crippen LogP contribution < -0.4 is 9.47 Å². The molecule has 4 rings (SSSR count). The van der Waals surface area contributed by atoms with Gasteiger partial charge in [-0.05, 0) is 87.0 Å². The molecule has 0 spiro atoms. The van der Waals surface area contributed by atoms with E-state index >= 15 is 0 Å². The van der Waals surface area contributed by atoms with E-state index in [1.165, 1.54) is 43.0 Å². The van der Waals surface area contributed by atoms with Gasteiger partial charge in [-0.2, -0.15) is 0 Å². The number of carboxylic acids is 1. The van der Waals surface area contributed by atoms with E-state index in [2.05, 4.69) is 0 Å². The second-order valence-electron chi connectivity index (χ2n) is 10.4. The molecule has 1 fully saturated rings. The summed E-state index contributed by atoms with van der Waals surface area (Å²) in [5.41, 5.74) is 1.43. The Labute approximate surface area is 237 Å². The fraction of sp³-hybridized carbons (Fsp3) is 0.323. The number of halogens is 1. The van der Waals surface area contributed by atoms with Crippen LogP contribution in [0.2, 0.25) is 0 Å². The summed E-state index contributed by atoms with van der Waals surface area (Å²) >= 11 is 1.58. The van der Waals surface area contributed by atoms with Crippen molar-refractivity contribution in [2.75, 3.05) is 19.3 Å². The Morgan fingerprint density at radius 3 is 2.12 bits per heavy atom. The molecule has 2 atom stereocenters. The van der Waals surface area contributed by atoms with E-state index in [4.69, 9.17) is 9.47 Å². The summed E-state index contributed by atoms with van der Waals surface area (Å²) in [7, 11) is 0. The molecule has 0 saturated carbocycles. The number of Topliss-reactive ketones (excluding diaryl/α,β-unsaturated/α-hetero) is 1. The van der Waals surface area contributed by atoms with E-state index in [1.54, 1.807) is 23.9 Å². The van der Waals surface area contributed by atoms with Crippen molar-refractivity contribution < 1.29 is 33.4 Å². The van der Waals surface area contributed by atoms with Crippen LogP contribution in [-0.2, 0) is 4.79 Å². The van der Waals surface area contributed by atoms with E-state index in [9.17, 15) is 23.9 Å². The van der Waals surface area contributed by atoms with Crippen molar-refractivity contribution in [2.45, 2.75) is 44.1 Å². The topological polar surface area (TPSA) is 93.1 Å². The third-order valence-corrected chi connectivity index (χ3v) is 7.83. The molecular weight excluding hydrogens is 533 g/mol. The van der Waals surface area contributed by atoms with Gasteiger partial charge in [-0.25, -0.2) is 14.0 Å². The Hall–Kier alpha value is -3.85. The quantitative estimate of drug-likeness (QED) is 0.246. The molecule has 0 aromatic heterocycles. The van der Waals surface area contributed by atoms with Crippen LogP contribution in [0.15, 0.2) is 65.6 Å². The smallest absolute Gasteiger partial charge is 0.415 e. The first-order valence-electron chi connectivity index (χ1n) is 12.8. The fourth-order valence-corrected chi connectivity index (χ4v) is 5.26. The highest BCUT2D eigenvalue weighted by molar-refractivity contribution is 7.98. The number of thioether (sulfide) groups is 1. The lowest BCUT2D eigenvalue weighted by Crippen LogP contribution is -2.38. The van der Waals surface area contributed by atoms with Gasteiger partial charge in [-0.3, -0.25) is 4.79 Å². The van der Waals surface area contributed by atoms with Crippen molar-refractivity contribution in [2.24, 2.45) is 5.92 Å². The summed E-state index contributed by atoms with van der Waals surface area (Å²) in [6.07, 6.45) is 1.34. The Bertz CT molecular complexity index is 1400. The highest BCUT2D eigenvalue weighted by Crippen LogP contribution is 2.39. The predicted octanol–water partition coefficient (Wildman–Crippen LogP) is 6.50. The monoisotopic (exact) mass is 565 g/mol. The number of rotatable bonds is 8. The third kappa shape index (κ3) is 6.31. The first-order chi connectivity index (χ1) is 18.9. The van der Waals surface area contributed by atoms with Gasteiger partial charge in [0.2, 0.25) is 0 Å². The molecule has 1 N–H and O–H groups in total. The van der Waals surface area contributed by atoms with Gasteiger partial charge in [0.05, 0.1) is 0 Å². The maximum atomic E-state index is 13.8. The van der Waals surface area contributed by atoms with Crippen LogP contribution in [0.4, 0.5) is 9.18 Å². The lowest BCUT2D eigenvalue weighted by molar-refractivity contribution is -0.152. The minimum Gasteiger partial charge on any atom is -0.478 e. The van der Waals surface area contributed by atoms with Gasteiger partial charge in [-0.1, -0.05) is 24.3 Å². The largest absolute Gasteiger partial charge is 0.478 e. The second kappa shape index (κ2) is 11.7. The molecule has 40 heavy (non-hydrogen) atoms. The number of hydrogen-bond donors (Lipinski definition) is 1. The molecule has 1 heterocycles. The van der Waals surface area contributed by atoms with Gasteiger partial charge in [0.25, 0.3) is 0 Å². The normalized spacial score (nSPS) is 17.0. The number of carbonyl (C=O) groups is 3. The summed E-state index contributed by atoms with van der Waals surface area (Å²) < 4.78 is 24.6. The standard InChI is InChI=1S/C31H32FNO6S/c1-18-14-21(15-19(2)28(18)39-31(3,4)29(35)36)25-16-33(30(37)38-23-10-8-22(32)9-11-23)17-26(25)27(34)20-6-12-24(40-5)13-7-20/h6-15,25-26H,16-17H2,1-5H3,(H,35,36)/t25-,26+/m0/s1. The van der Waals surface area contributed by atoms with Crippen LogP contribution in [0.25, 0.3) is 0 Å². The van der Waals surface area contributed by atoms with Crippen LogP contribution >= 0.6 is 11.8 Å². The Balaban J connectivity index is 1.66. The SMILES string of the molecule is CSc1ccc(C(=O)[C@@H]2CN(C(=O)Oc3ccc(F)cc3)C[C@H]2c2cc(C)c(OC(C)(C)C(=O)O)c(C)c2)cc1. The summed E-state index contributed by atoms with van der Waals surface area (Å²) in [4.78, 5) is 41.0. The number of carbonyl (C=O) groups excluding carboxylic acids is 2. The highest BCUT2D eigenvalue weighted by atomic mass is 32.2. The molecule has 1 aliphatic rings. The van der Waals surface area contributed by atoms with E-state index < -0.39 is 29.4 Å². The molecule has 0 bridgehead atoms. The Morgan fingerprint density at radius 1 is 0.975 bits per heavy atom. The van der Waals surface area contributed by atoms with Crippen LogP contribution in [0.1, 0.15) is 46.8 Å². The van der Waals surface area contributed by atoms with Crippen LogP contribution in [0.3, 0.4) is 0 Å². The highest BCUT2D eigenvalue weighted by Gasteiger charge is 2.42. The van der Waals surface area contributed by atoms with Gasteiger partial charge in [0, 0.05) is 35.4 Å². The van der Waals surface area contributed by atoms with E-state index in [1.807, 2.05) is 44.4 Å². The van der Waals surface area contributed by atoms with Crippen LogP contribution in [0, 0.1) is 25.6 Å². The minimum atomic E-state index is -1.42. The number of hydrogen-bond acceptors (Lipinski definition) is 6. The molecule has 3 aromatic rings. The van der Waals surface area contributed by atoms with E-state index in [0.29, 0.717) is 11.3 Å². The Morgan fingerprint density at radius 2 is 1.57 bits per heavy atom. The molecule has 0 radical (unpaired) electrons. The molecule has 210 valence electrons. The molecule has 0 aliphatic carbocycles. The number of ether oxygens (including phenoxy) is 2. The first kappa shape index (κ1) is 29.1. The molecular formula is C31H32FNO6S. The van der Waals surface area contributed by atoms with Gasteiger partial charge >= 0.3 is 12.1 Å². The van der Waals surface area contributed by atoms with E-state index in [0.717, 1.165) is 21.6 Å². The number of aliphatic carboxylic acids is 1.